The van der Waals surface area contributed by atoms with Crippen LogP contribution >= 0.6 is 0 Å². The second kappa shape index (κ2) is 4.99. The first-order valence-electron chi connectivity index (χ1n) is 5.79. The van der Waals surface area contributed by atoms with Crippen molar-refractivity contribution in [3.8, 4) is 0 Å². The van der Waals surface area contributed by atoms with Crippen LogP contribution in [0.1, 0.15) is 52.9 Å². The Labute approximate surface area is 82.5 Å². The highest BCUT2D eigenvalue weighted by molar-refractivity contribution is 4.80. The molecule has 1 N–H and O–H groups in total. The first kappa shape index (κ1) is 11.0. The largest absolute Gasteiger partial charge is 0.393 e. The predicted molar refractivity (Wildman–Crippen MR) is 56.6 cm³/mol. The SMILES string of the molecule is CC(C)CCC(C)[C@@H]1CCC[C@H]1O. The Balaban J connectivity index is 2.25. The fourth-order valence-corrected chi connectivity index (χ4v) is 2.44. The van der Waals surface area contributed by atoms with Gasteiger partial charge in [-0.05, 0) is 30.6 Å². The van der Waals surface area contributed by atoms with Crippen LogP contribution in [0.15, 0.2) is 0 Å². The van der Waals surface area contributed by atoms with Gasteiger partial charge in [0.2, 0.25) is 0 Å². The van der Waals surface area contributed by atoms with Crippen LogP contribution in [0.4, 0.5) is 0 Å². The summed E-state index contributed by atoms with van der Waals surface area (Å²) >= 11 is 0. The van der Waals surface area contributed by atoms with E-state index in [1.54, 1.807) is 0 Å². The van der Waals surface area contributed by atoms with Gasteiger partial charge in [0.05, 0.1) is 6.10 Å². The minimum atomic E-state index is 0.00200. The Hall–Kier alpha value is -0.0400. The first-order valence-corrected chi connectivity index (χ1v) is 5.79. The third kappa shape index (κ3) is 3.30. The second-order valence-corrected chi connectivity index (χ2v) is 5.11. The van der Waals surface area contributed by atoms with Crippen molar-refractivity contribution in [1.29, 1.82) is 0 Å². The number of hydrogen-bond acceptors (Lipinski definition) is 1. The lowest BCUT2D eigenvalue weighted by Crippen LogP contribution is -2.20. The van der Waals surface area contributed by atoms with Crippen LogP contribution in [0.5, 0.6) is 0 Å². The van der Waals surface area contributed by atoms with Crippen molar-refractivity contribution in [2.45, 2.75) is 59.0 Å². The molecule has 0 spiro atoms. The molecule has 1 saturated carbocycles. The van der Waals surface area contributed by atoms with Crippen molar-refractivity contribution in [1.82, 2.24) is 0 Å². The maximum atomic E-state index is 9.72. The zero-order chi connectivity index (χ0) is 9.84. The van der Waals surface area contributed by atoms with E-state index in [1.165, 1.54) is 25.7 Å². The molecule has 0 saturated heterocycles. The molecule has 0 aromatic carbocycles. The molecule has 1 unspecified atom stereocenters. The van der Waals surface area contributed by atoms with Crippen molar-refractivity contribution in [3.05, 3.63) is 0 Å². The Kier molecular flexibility index (Phi) is 4.24. The minimum Gasteiger partial charge on any atom is -0.393 e. The van der Waals surface area contributed by atoms with Crippen LogP contribution in [0.25, 0.3) is 0 Å². The molecule has 1 heteroatoms. The van der Waals surface area contributed by atoms with Crippen LogP contribution < -0.4 is 0 Å². The molecule has 0 aromatic heterocycles. The Bertz CT molecular complexity index is 142. The standard InChI is InChI=1S/C12H24O/c1-9(2)7-8-10(3)11-5-4-6-12(11)13/h9-13H,4-8H2,1-3H3/t10?,11-,12+/m0/s1. The van der Waals surface area contributed by atoms with Gasteiger partial charge in [0.25, 0.3) is 0 Å². The lowest BCUT2D eigenvalue weighted by Gasteiger charge is -2.23. The fourth-order valence-electron chi connectivity index (χ4n) is 2.44. The molecule has 0 heterocycles. The molecule has 13 heavy (non-hydrogen) atoms. The molecule has 1 aliphatic rings. The molecule has 0 aromatic rings. The average molecular weight is 184 g/mol. The van der Waals surface area contributed by atoms with Crippen molar-refractivity contribution < 1.29 is 5.11 Å². The smallest absolute Gasteiger partial charge is 0.0570 e. The van der Waals surface area contributed by atoms with Crippen LogP contribution in [0.3, 0.4) is 0 Å². The Morgan fingerprint density at radius 1 is 1.15 bits per heavy atom. The molecule has 78 valence electrons. The molecule has 0 radical (unpaired) electrons. The predicted octanol–water partition coefficient (Wildman–Crippen LogP) is 3.22. The van der Waals surface area contributed by atoms with Gasteiger partial charge in [-0.1, -0.05) is 40.0 Å². The summed E-state index contributed by atoms with van der Waals surface area (Å²) in [4.78, 5) is 0. The van der Waals surface area contributed by atoms with E-state index < -0.39 is 0 Å². The number of aliphatic hydroxyl groups is 1. The molecular weight excluding hydrogens is 160 g/mol. The van der Waals surface area contributed by atoms with Crippen LogP contribution in [0, 0.1) is 17.8 Å². The van der Waals surface area contributed by atoms with Gasteiger partial charge in [0.15, 0.2) is 0 Å². The highest BCUT2D eigenvalue weighted by Crippen LogP contribution is 2.34. The maximum absolute atomic E-state index is 9.72. The molecule has 3 atom stereocenters. The minimum absolute atomic E-state index is 0.00200. The summed E-state index contributed by atoms with van der Waals surface area (Å²) in [6.45, 7) is 6.86. The summed E-state index contributed by atoms with van der Waals surface area (Å²) in [5.41, 5.74) is 0. The summed E-state index contributed by atoms with van der Waals surface area (Å²) < 4.78 is 0. The van der Waals surface area contributed by atoms with E-state index in [4.69, 9.17) is 0 Å². The quantitative estimate of drug-likeness (QED) is 0.711. The summed E-state index contributed by atoms with van der Waals surface area (Å²) in [6.07, 6.45) is 6.13. The third-order valence-corrected chi connectivity index (χ3v) is 3.46. The number of rotatable bonds is 4. The monoisotopic (exact) mass is 184 g/mol. The van der Waals surface area contributed by atoms with Crippen molar-refractivity contribution >= 4 is 0 Å². The zero-order valence-electron chi connectivity index (χ0n) is 9.29. The van der Waals surface area contributed by atoms with E-state index in [9.17, 15) is 5.11 Å². The lowest BCUT2D eigenvalue weighted by molar-refractivity contribution is 0.0982. The van der Waals surface area contributed by atoms with E-state index in [-0.39, 0.29) is 6.10 Å². The van der Waals surface area contributed by atoms with Crippen molar-refractivity contribution in [3.63, 3.8) is 0 Å². The molecule has 1 nitrogen and oxygen atoms in total. The van der Waals surface area contributed by atoms with Gasteiger partial charge < -0.3 is 5.11 Å². The zero-order valence-corrected chi connectivity index (χ0v) is 9.29. The summed E-state index contributed by atoms with van der Waals surface area (Å²) in [7, 11) is 0. The summed E-state index contributed by atoms with van der Waals surface area (Å²) in [5.74, 6) is 2.12. The topological polar surface area (TPSA) is 20.2 Å². The molecule has 0 bridgehead atoms. The fraction of sp³-hybridized carbons (Fsp3) is 1.00. The number of hydrogen-bond donors (Lipinski definition) is 1. The van der Waals surface area contributed by atoms with Crippen molar-refractivity contribution in [2.24, 2.45) is 17.8 Å². The average Bonchev–Trinajstić information content (AvgIpc) is 2.47. The van der Waals surface area contributed by atoms with Crippen molar-refractivity contribution in [2.75, 3.05) is 0 Å². The highest BCUT2D eigenvalue weighted by atomic mass is 16.3. The van der Waals surface area contributed by atoms with E-state index in [0.29, 0.717) is 5.92 Å². The lowest BCUT2D eigenvalue weighted by atomic mass is 9.86. The van der Waals surface area contributed by atoms with Crippen LogP contribution in [-0.4, -0.2) is 11.2 Å². The van der Waals surface area contributed by atoms with Gasteiger partial charge in [-0.25, -0.2) is 0 Å². The van der Waals surface area contributed by atoms with Gasteiger partial charge in [-0.2, -0.15) is 0 Å². The summed E-state index contributed by atoms with van der Waals surface area (Å²) in [5, 5.41) is 9.72. The maximum Gasteiger partial charge on any atom is 0.0570 e. The molecule has 1 aliphatic carbocycles. The second-order valence-electron chi connectivity index (χ2n) is 5.11. The first-order chi connectivity index (χ1) is 6.11. The van der Waals surface area contributed by atoms with Gasteiger partial charge in [-0.15, -0.1) is 0 Å². The number of aliphatic hydroxyl groups excluding tert-OH is 1. The Morgan fingerprint density at radius 2 is 1.85 bits per heavy atom. The van der Waals surface area contributed by atoms with E-state index >= 15 is 0 Å². The van der Waals surface area contributed by atoms with Gasteiger partial charge in [0, 0.05) is 0 Å². The van der Waals surface area contributed by atoms with Crippen LogP contribution in [-0.2, 0) is 0 Å². The van der Waals surface area contributed by atoms with Crippen LogP contribution in [0.2, 0.25) is 0 Å². The highest BCUT2D eigenvalue weighted by Gasteiger charge is 2.29. The summed E-state index contributed by atoms with van der Waals surface area (Å²) in [6, 6.07) is 0. The van der Waals surface area contributed by atoms with Gasteiger partial charge in [0.1, 0.15) is 0 Å². The van der Waals surface area contributed by atoms with E-state index in [0.717, 1.165) is 18.3 Å². The molecule has 1 rings (SSSR count). The van der Waals surface area contributed by atoms with Gasteiger partial charge in [-0.3, -0.25) is 0 Å². The Morgan fingerprint density at radius 3 is 2.31 bits per heavy atom. The molecular formula is C12H24O. The molecule has 1 fully saturated rings. The van der Waals surface area contributed by atoms with Gasteiger partial charge >= 0.3 is 0 Å². The molecule has 0 aliphatic heterocycles. The third-order valence-electron chi connectivity index (χ3n) is 3.46. The normalized spacial score (nSPS) is 31.2. The van der Waals surface area contributed by atoms with E-state index in [2.05, 4.69) is 20.8 Å². The molecule has 0 amide bonds. The van der Waals surface area contributed by atoms with E-state index in [1.807, 2.05) is 0 Å².